The molecule has 1 saturated heterocycles. The monoisotopic (exact) mass is 569 g/mol. The van der Waals surface area contributed by atoms with Gasteiger partial charge in [-0.3, -0.25) is 14.4 Å². The van der Waals surface area contributed by atoms with Gasteiger partial charge in [-0.15, -0.1) is 0 Å². The zero-order valence-electron chi connectivity index (χ0n) is 23.3. The molecule has 2 aliphatic rings. The molecule has 0 unspecified atom stereocenters. The van der Waals surface area contributed by atoms with Crippen molar-refractivity contribution in [3.8, 4) is 0 Å². The van der Waals surface area contributed by atoms with Crippen molar-refractivity contribution in [2.45, 2.75) is 58.9 Å². The molecule has 0 aromatic carbocycles. The van der Waals surface area contributed by atoms with Gasteiger partial charge in [-0.05, 0) is 39.3 Å². The third-order valence-electron chi connectivity index (χ3n) is 6.74. The van der Waals surface area contributed by atoms with E-state index in [1.807, 2.05) is 6.92 Å². The molecular formula is C27H32FN7O6. The lowest BCUT2D eigenvalue weighted by Crippen LogP contribution is -2.50. The smallest absolute Gasteiger partial charge is 0.410 e. The molecule has 0 radical (unpaired) electrons. The number of rotatable bonds is 6. The van der Waals surface area contributed by atoms with E-state index >= 15 is 0 Å². The Kier molecular flexibility index (Phi) is 7.51. The van der Waals surface area contributed by atoms with Crippen molar-refractivity contribution < 1.29 is 28.2 Å². The highest BCUT2D eigenvalue weighted by atomic mass is 19.1. The number of amides is 3. The molecule has 1 N–H and O–H groups in total. The van der Waals surface area contributed by atoms with Crippen molar-refractivity contribution >= 4 is 29.4 Å². The van der Waals surface area contributed by atoms with Gasteiger partial charge >= 0.3 is 6.09 Å². The first-order valence-corrected chi connectivity index (χ1v) is 13.4. The number of carbonyl (C=O) groups is 3. The summed E-state index contributed by atoms with van der Waals surface area (Å²) in [7, 11) is 0. The number of carbonyl (C=O) groups excluding carboxylic acids is 3. The molecule has 1 fully saturated rings. The van der Waals surface area contributed by atoms with Crippen molar-refractivity contribution in [1.82, 2.24) is 29.0 Å². The highest BCUT2D eigenvalue weighted by Crippen LogP contribution is 2.24. The molecule has 0 aliphatic carbocycles. The lowest BCUT2D eigenvalue weighted by atomic mass is 10.2. The highest BCUT2D eigenvalue weighted by Gasteiger charge is 2.38. The molecule has 1 atom stereocenters. The van der Waals surface area contributed by atoms with E-state index in [-0.39, 0.29) is 49.9 Å². The molecule has 2 aliphatic heterocycles. The van der Waals surface area contributed by atoms with Gasteiger partial charge < -0.3 is 29.2 Å². The predicted octanol–water partition coefficient (Wildman–Crippen LogP) is 1.82. The number of nitrogens with zero attached hydrogens (tertiary/aromatic N) is 6. The van der Waals surface area contributed by atoms with Gasteiger partial charge in [-0.25, -0.2) is 14.2 Å². The Hall–Kier alpha value is -4.33. The maximum Gasteiger partial charge on any atom is 0.410 e. The molecule has 0 spiro atoms. The Bertz CT molecular complexity index is 1560. The minimum Gasteiger partial charge on any atom is -0.444 e. The van der Waals surface area contributed by atoms with Crippen LogP contribution in [0.25, 0.3) is 5.65 Å². The van der Waals surface area contributed by atoms with E-state index in [0.717, 1.165) is 6.20 Å². The SMILES string of the molecule is CCc1cc2n(CC(=O)Nc3ccc(F)cn3)c3c(c(=O)n2n1)CN(C[C@H]1CN(C(=O)OC(C)(C)C)CCO1)C3=O. The largest absolute Gasteiger partial charge is 0.444 e. The second kappa shape index (κ2) is 10.9. The molecule has 3 aromatic rings. The quantitative estimate of drug-likeness (QED) is 0.474. The Morgan fingerprint density at radius 3 is 2.71 bits per heavy atom. The summed E-state index contributed by atoms with van der Waals surface area (Å²) in [5, 5.41) is 6.97. The van der Waals surface area contributed by atoms with Gasteiger partial charge in [0, 0.05) is 19.2 Å². The summed E-state index contributed by atoms with van der Waals surface area (Å²) in [6.45, 7) is 7.91. The molecular weight excluding hydrogens is 537 g/mol. The van der Waals surface area contributed by atoms with E-state index in [4.69, 9.17) is 9.47 Å². The summed E-state index contributed by atoms with van der Waals surface area (Å²) in [6, 6.07) is 4.16. The van der Waals surface area contributed by atoms with Crippen molar-refractivity contribution in [1.29, 1.82) is 0 Å². The van der Waals surface area contributed by atoms with Crippen LogP contribution in [0.4, 0.5) is 15.0 Å². The van der Waals surface area contributed by atoms with Gasteiger partial charge in [0.05, 0.1) is 43.3 Å². The number of morpholine rings is 1. The first-order valence-electron chi connectivity index (χ1n) is 13.4. The second-order valence-electron chi connectivity index (χ2n) is 11.0. The van der Waals surface area contributed by atoms with Crippen LogP contribution in [0.15, 0.2) is 29.2 Å². The fourth-order valence-corrected chi connectivity index (χ4v) is 4.89. The van der Waals surface area contributed by atoms with Gasteiger partial charge in [-0.2, -0.15) is 9.61 Å². The van der Waals surface area contributed by atoms with E-state index in [2.05, 4.69) is 15.4 Å². The third kappa shape index (κ3) is 5.92. The Morgan fingerprint density at radius 1 is 1.24 bits per heavy atom. The van der Waals surface area contributed by atoms with Crippen LogP contribution in [0.5, 0.6) is 0 Å². The fourth-order valence-electron chi connectivity index (χ4n) is 4.89. The number of pyridine rings is 1. The summed E-state index contributed by atoms with van der Waals surface area (Å²) in [5.41, 5.74) is 0.134. The predicted molar refractivity (Wildman–Crippen MR) is 144 cm³/mol. The lowest BCUT2D eigenvalue weighted by molar-refractivity contribution is -0.116. The molecule has 218 valence electrons. The normalized spacial score (nSPS) is 17.2. The van der Waals surface area contributed by atoms with Gasteiger partial charge in [0.15, 0.2) is 0 Å². The fraction of sp³-hybridized carbons (Fsp3) is 0.481. The number of hydrogen-bond donors (Lipinski definition) is 1. The summed E-state index contributed by atoms with van der Waals surface area (Å²) >= 11 is 0. The molecule has 3 amide bonds. The number of fused-ring (bicyclic) bond motifs is 2. The van der Waals surface area contributed by atoms with Crippen molar-refractivity contribution in [2.24, 2.45) is 0 Å². The summed E-state index contributed by atoms with van der Waals surface area (Å²) in [6.07, 6.45) is 0.566. The van der Waals surface area contributed by atoms with Gasteiger partial charge in [-0.1, -0.05) is 6.92 Å². The number of hydrogen-bond acceptors (Lipinski definition) is 8. The number of anilines is 1. The minimum absolute atomic E-state index is 0.00229. The lowest BCUT2D eigenvalue weighted by Gasteiger charge is -2.35. The zero-order chi connectivity index (χ0) is 29.5. The van der Waals surface area contributed by atoms with Crippen LogP contribution >= 0.6 is 0 Å². The van der Waals surface area contributed by atoms with E-state index in [1.54, 1.807) is 31.7 Å². The molecule has 3 aromatic heterocycles. The minimum atomic E-state index is -0.649. The van der Waals surface area contributed by atoms with Crippen LogP contribution < -0.4 is 10.9 Å². The van der Waals surface area contributed by atoms with Crippen molar-refractivity contribution in [3.05, 3.63) is 57.5 Å². The first-order chi connectivity index (χ1) is 19.4. The van der Waals surface area contributed by atoms with Crippen LogP contribution in [0.3, 0.4) is 0 Å². The highest BCUT2D eigenvalue weighted by molar-refractivity contribution is 5.98. The van der Waals surface area contributed by atoms with E-state index < -0.39 is 41.0 Å². The molecule has 0 bridgehead atoms. The summed E-state index contributed by atoms with van der Waals surface area (Å²) in [5.74, 6) is -1.36. The summed E-state index contributed by atoms with van der Waals surface area (Å²) < 4.78 is 27.2. The molecule has 5 heterocycles. The van der Waals surface area contributed by atoms with E-state index in [0.29, 0.717) is 24.3 Å². The molecule has 41 heavy (non-hydrogen) atoms. The molecule has 0 saturated carbocycles. The Morgan fingerprint density at radius 2 is 2.02 bits per heavy atom. The Labute approximate surface area is 234 Å². The van der Waals surface area contributed by atoms with Gasteiger partial charge in [0.25, 0.3) is 11.5 Å². The number of aromatic nitrogens is 4. The number of halogens is 1. The standard InChI is InChI=1S/C27H32FN7O6/c1-5-17-10-22-34(15-21(36)30-20-7-6-16(28)11-29-20)23-19(24(37)35(22)31-17)14-33(25(23)38)13-18-12-32(8-9-40-18)26(39)41-27(2,3)4/h6-7,10-11,18H,5,8-9,12-15H2,1-4H3,(H,29,30,36)/t18-/m1/s1. The van der Waals surface area contributed by atoms with Crippen LogP contribution in [-0.4, -0.2) is 84.8 Å². The topological polar surface area (TPSA) is 140 Å². The van der Waals surface area contributed by atoms with Crippen LogP contribution in [0.2, 0.25) is 0 Å². The van der Waals surface area contributed by atoms with E-state index in [9.17, 15) is 23.6 Å². The maximum absolute atomic E-state index is 13.7. The van der Waals surface area contributed by atoms with Gasteiger partial charge in [0.1, 0.15) is 35.1 Å². The molecule has 14 heteroatoms. The van der Waals surface area contributed by atoms with Gasteiger partial charge in [0.2, 0.25) is 5.91 Å². The number of nitrogens with one attached hydrogen (secondary N) is 1. The van der Waals surface area contributed by atoms with E-state index in [1.165, 1.54) is 26.1 Å². The maximum atomic E-state index is 13.7. The van der Waals surface area contributed by atoms with Crippen LogP contribution in [0.1, 0.15) is 49.4 Å². The zero-order valence-corrected chi connectivity index (χ0v) is 23.3. The average molecular weight is 570 g/mol. The number of ether oxygens (including phenoxy) is 2. The van der Waals surface area contributed by atoms with Crippen molar-refractivity contribution in [3.63, 3.8) is 0 Å². The number of aryl methyl sites for hydroxylation is 1. The van der Waals surface area contributed by atoms with Crippen LogP contribution in [-0.2, 0) is 33.8 Å². The molecule has 13 nitrogen and oxygen atoms in total. The summed E-state index contributed by atoms with van der Waals surface area (Å²) in [4.78, 5) is 59.6. The second-order valence-corrected chi connectivity index (χ2v) is 11.0. The average Bonchev–Trinajstić information content (AvgIpc) is 3.49. The Balaban J connectivity index is 1.40. The third-order valence-corrected chi connectivity index (χ3v) is 6.74. The van der Waals surface area contributed by atoms with Crippen molar-refractivity contribution in [2.75, 3.05) is 31.6 Å². The first kappa shape index (κ1) is 28.2. The van der Waals surface area contributed by atoms with Crippen LogP contribution in [0, 0.1) is 5.82 Å². The molecule has 5 rings (SSSR count).